The molecule has 7 nitrogen and oxygen atoms in total. The Morgan fingerprint density at radius 3 is 2.25 bits per heavy atom. The van der Waals surface area contributed by atoms with Crippen molar-refractivity contribution in [1.29, 1.82) is 0 Å². The number of carbonyl (C=O) groups is 3. The Morgan fingerprint density at radius 1 is 1.00 bits per heavy atom. The van der Waals surface area contributed by atoms with Crippen molar-refractivity contribution in [3.63, 3.8) is 0 Å². The molecule has 0 saturated heterocycles. The van der Waals surface area contributed by atoms with Crippen LogP contribution in [-0.4, -0.2) is 35.7 Å². The zero-order chi connectivity index (χ0) is 20.5. The van der Waals surface area contributed by atoms with E-state index in [-0.39, 0.29) is 19.6 Å². The largest absolute Gasteiger partial charge is 0.480 e. The predicted molar refractivity (Wildman–Crippen MR) is 104 cm³/mol. The number of hydrogen-bond acceptors (Lipinski definition) is 4. The highest BCUT2D eigenvalue weighted by Gasteiger charge is 2.22. The van der Waals surface area contributed by atoms with Crippen molar-refractivity contribution < 1.29 is 24.2 Å². The van der Waals surface area contributed by atoms with Crippen LogP contribution in [0.2, 0.25) is 0 Å². The van der Waals surface area contributed by atoms with Gasteiger partial charge in [0.05, 0.1) is 0 Å². The fraction of sp³-hybridized carbons (Fsp3) is 0.286. The first-order valence-corrected chi connectivity index (χ1v) is 8.88. The van der Waals surface area contributed by atoms with Crippen LogP contribution >= 0.6 is 0 Å². The van der Waals surface area contributed by atoms with Crippen LogP contribution in [0.3, 0.4) is 0 Å². The number of aliphatic carboxylic acids is 1. The van der Waals surface area contributed by atoms with E-state index >= 15 is 0 Å². The molecule has 0 radical (unpaired) electrons. The molecule has 2 amide bonds. The maximum absolute atomic E-state index is 12.1. The van der Waals surface area contributed by atoms with Gasteiger partial charge in [0.15, 0.2) is 0 Å². The molecular weight excluding hydrogens is 360 g/mol. The Balaban J connectivity index is 1.83. The van der Waals surface area contributed by atoms with Crippen molar-refractivity contribution in [3.8, 4) is 0 Å². The Hall–Kier alpha value is -3.35. The number of nitrogens with one attached hydrogen (secondary N) is 2. The van der Waals surface area contributed by atoms with Gasteiger partial charge >= 0.3 is 12.1 Å². The maximum atomic E-state index is 12.1. The zero-order valence-electron chi connectivity index (χ0n) is 15.9. The second kappa shape index (κ2) is 10.1. The van der Waals surface area contributed by atoms with Gasteiger partial charge < -0.3 is 20.5 Å². The summed E-state index contributed by atoms with van der Waals surface area (Å²) in [6, 6.07) is 13.7. The average molecular weight is 384 g/mol. The number of aryl methyl sites for hydroxylation is 2. The molecule has 0 spiro atoms. The van der Waals surface area contributed by atoms with Gasteiger partial charge in [-0.1, -0.05) is 48.5 Å². The number of carboxylic acids is 1. The van der Waals surface area contributed by atoms with Gasteiger partial charge in [-0.05, 0) is 36.1 Å². The maximum Gasteiger partial charge on any atom is 0.407 e. The lowest BCUT2D eigenvalue weighted by molar-refractivity contribution is -0.141. The molecule has 3 N–H and O–H groups in total. The van der Waals surface area contributed by atoms with E-state index in [1.54, 1.807) is 0 Å². The van der Waals surface area contributed by atoms with E-state index in [1.807, 2.05) is 62.4 Å². The van der Waals surface area contributed by atoms with E-state index < -0.39 is 24.0 Å². The number of ether oxygens (including phenoxy) is 1. The van der Waals surface area contributed by atoms with E-state index in [1.165, 1.54) is 0 Å². The number of hydrogen-bond donors (Lipinski definition) is 3. The third kappa shape index (κ3) is 6.42. The SMILES string of the molecule is Cc1cccc(C)c1C[C@H](NC(=O)CNC(=O)OCc1ccccc1)C(=O)O. The number of alkyl carbamates (subject to hydrolysis) is 1. The van der Waals surface area contributed by atoms with Gasteiger partial charge in [0.2, 0.25) is 5.91 Å². The van der Waals surface area contributed by atoms with E-state index in [9.17, 15) is 19.5 Å². The molecular formula is C21H24N2O5. The number of rotatable bonds is 8. The lowest BCUT2D eigenvalue weighted by Crippen LogP contribution is -2.46. The molecule has 28 heavy (non-hydrogen) atoms. The minimum Gasteiger partial charge on any atom is -0.480 e. The first-order chi connectivity index (χ1) is 13.4. The van der Waals surface area contributed by atoms with Gasteiger partial charge in [-0.15, -0.1) is 0 Å². The summed E-state index contributed by atoms with van der Waals surface area (Å²) in [6.07, 6.45) is -0.585. The van der Waals surface area contributed by atoms with Crippen molar-refractivity contribution in [2.45, 2.75) is 32.9 Å². The van der Waals surface area contributed by atoms with Crippen molar-refractivity contribution in [1.82, 2.24) is 10.6 Å². The molecule has 2 aromatic rings. The molecule has 7 heteroatoms. The zero-order valence-corrected chi connectivity index (χ0v) is 15.9. The fourth-order valence-corrected chi connectivity index (χ4v) is 2.75. The topological polar surface area (TPSA) is 105 Å². The fourth-order valence-electron chi connectivity index (χ4n) is 2.75. The summed E-state index contributed by atoms with van der Waals surface area (Å²) in [4.78, 5) is 35.3. The van der Waals surface area contributed by atoms with E-state index in [0.717, 1.165) is 22.3 Å². The second-order valence-corrected chi connectivity index (χ2v) is 6.45. The Labute approximate surface area is 163 Å². The van der Waals surface area contributed by atoms with E-state index in [4.69, 9.17) is 4.74 Å². The van der Waals surface area contributed by atoms with Crippen LogP contribution < -0.4 is 10.6 Å². The minimum absolute atomic E-state index is 0.0819. The van der Waals surface area contributed by atoms with Crippen LogP contribution in [0.25, 0.3) is 0 Å². The molecule has 0 aromatic heterocycles. The lowest BCUT2D eigenvalue weighted by atomic mass is 9.96. The summed E-state index contributed by atoms with van der Waals surface area (Å²) in [5.41, 5.74) is 3.62. The summed E-state index contributed by atoms with van der Waals surface area (Å²) in [7, 11) is 0. The van der Waals surface area contributed by atoms with Crippen molar-refractivity contribution in [3.05, 3.63) is 70.8 Å². The standard InChI is InChI=1S/C21H24N2O5/c1-14-7-6-8-15(2)17(14)11-18(20(25)26)23-19(24)12-22-21(27)28-13-16-9-4-3-5-10-16/h3-10,18H,11-13H2,1-2H3,(H,22,27)(H,23,24)(H,25,26)/t18-/m0/s1. The van der Waals surface area contributed by atoms with Gasteiger partial charge in [0.1, 0.15) is 19.2 Å². The molecule has 148 valence electrons. The summed E-state index contributed by atoms with van der Waals surface area (Å²) in [5, 5.41) is 14.2. The van der Waals surface area contributed by atoms with Gasteiger partial charge in [-0.2, -0.15) is 0 Å². The van der Waals surface area contributed by atoms with Crippen LogP contribution in [0.4, 0.5) is 4.79 Å². The Morgan fingerprint density at radius 2 is 1.64 bits per heavy atom. The molecule has 2 aromatic carbocycles. The predicted octanol–water partition coefficient (Wildman–Crippen LogP) is 2.34. The molecule has 0 bridgehead atoms. The van der Waals surface area contributed by atoms with Crippen LogP contribution in [0.15, 0.2) is 48.5 Å². The van der Waals surface area contributed by atoms with Crippen LogP contribution in [0.5, 0.6) is 0 Å². The summed E-state index contributed by atoms with van der Waals surface area (Å²) in [5.74, 6) is -1.74. The highest BCUT2D eigenvalue weighted by Crippen LogP contribution is 2.15. The quantitative estimate of drug-likeness (QED) is 0.648. The number of carboxylic acid groups (broad SMARTS) is 1. The number of benzene rings is 2. The van der Waals surface area contributed by atoms with E-state index in [0.29, 0.717) is 0 Å². The lowest BCUT2D eigenvalue weighted by Gasteiger charge is -2.17. The molecule has 0 aliphatic carbocycles. The molecule has 2 rings (SSSR count). The molecule has 0 aliphatic rings. The van der Waals surface area contributed by atoms with Gasteiger partial charge in [0.25, 0.3) is 0 Å². The summed E-state index contributed by atoms with van der Waals surface area (Å²) in [6.45, 7) is 3.50. The molecule has 0 saturated carbocycles. The number of carbonyl (C=O) groups excluding carboxylic acids is 2. The smallest absolute Gasteiger partial charge is 0.407 e. The van der Waals surface area contributed by atoms with E-state index in [2.05, 4.69) is 10.6 Å². The average Bonchev–Trinajstić information content (AvgIpc) is 2.67. The monoisotopic (exact) mass is 384 g/mol. The molecule has 0 unspecified atom stereocenters. The molecule has 0 aliphatic heterocycles. The number of amides is 2. The Kier molecular flexibility index (Phi) is 7.56. The van der Waals surface area contributed by atoms with Gasteiger partial charge in [-0.3, -0.25) is 4.79 Å². The second-order valence-electron chi connectivity index (χ2n) is 6.45. The third-order valence-corrected chi connectivity index (χ3v) is 4.29. The Bertz CT molecular complexity index is 816. The molecule has 1 atom stereocenters. The third-order valence-electron chi connectivity index (χ3n) is 4.29. The molecule has 0 fully saturated rings. The summed E-state index contributed by atoms with van der Waals surface area (Å²) >= 11 is 0. The van der Waals surface area contributed by atoms with Crippen LogP contribution in [0, 0.1) is 13.8 Å². The van der Waals surface area contributed by atoms with Crippen LogP contribution in [0.1, 0.15) is 22.3 Å². The highest BCUT2D eigenvalue weighted by molar-refractivity contribution is 5.86. The minimum atomic E-state index is -1.14. The first-order valence-electron chi connectivity index (χ1n) is 8.88. The van der Waals surface area contributed by atoms with Gasteiger partial charge in [-0.25, -0.2) is 9.59 Å². The van der Waals surface area contributed by atoms with Crippen LogP contribution in [-0.2, 0) is 27.4 Å². The summed E-state index contributed by atoms with van der Waals surface area (Å²) < 4.78 is 5.01. The highest BCUT2D eigenvalue weighted by atomic mass is 16.5. The first kappa shape index (κ1) is 21.0. The van der Waals surface area contributed by atoms with Crippen molar-refractivity contribution >= 4 is 18.0 Å². The van der Waals surface area contributed by atoms with Gasteiger partial charge in [0, 0.05) is 6.42 Å². The normalized spacial score (nSPS) is 11.4. The molecule has 0 heterocycles. The van der Waals surface area contributed by atoms with Crippen molar-refractivity contribution in [2.75, 3.05) is 6.54 Å². The van der Waals surface area contributed by atoms with Crippen molar-refractivity contribution in [2.24, 2.45) is 0 Å².